The van der Waals surface area contributed by atoms with Gasteiger partial charge in [0.2, 0.25) is 0 Å². The Labute approximate surface area is 69.4 Å². The van der Waals surface area contributed by atoms with Crippen LogP contribution in [0.25, 0.3) is 0 Å². The van der Waals surface area contributed by atoms with Crippen LogP contribution in [0.3, 0.4) is 0 Å². The summed E-state index contributed by atoms with van der Waals surface area (Å²) >= 11 is 3.25. The summed E-state index contributed by atoms with van der Waals surface area (Å²) in [5.41, 5.74) is 7.75. The molecule has 2 N–H and O–H groups in total. The van der Waals surface area contributed by atoms with Gasteiger partial charge in [-0.1, -0.05) is 40.2 Å². The van der Waals surface area contributed by atoms with Crippen molar-refractivity contribution >= 4 is 15.9 Å². The fraction of sp³-hybridized carbons (Fsp3) is 0.125. The van der Waals surface area contributed by atoms with Gasteiger partial charge in [0.05, 0.1) is 5.33 Å². The van der Waals surface area contributed by atoms with Gasteiger partial charge in [-0.15, -0.1) is 0 Å². The normalized spacial score (nSPS) is 9.80. The number of benzene rings is 1. The van der Waals surface area contributed by atoms with Crippen molar-refractivity contribution in [3.63, 3.8) is 0 Å². The first-order valence-corrected chi connectivity index (χ1v) is 4.01. The zero-order valence-electron chi connectivity index (χ0n) is 5.55. The van der Waals surface area contributed by atoms with E-state index < -0.39 is 0 Å². The predicted molar refractivity (Wildman–Crippen MR) is 46.7 cm³/mol. The minimum atomic E-state index is 0.614. The molecule has 2 heteroatoms. The Balaban J connectivity index is 2.80. The van der Waals surface area contributed by atoms with E-state index in [0.29, 0.717) is 6.54 Å². The van der Waals surface area contributed by atoms with Crippen LogP contribution in [0.1, 0.15) is 11.1 Å². The van der Waals surface area contributed by atoms with Crippen molar-refractivity contribution in [1.82, 2.24) is 0 Å². The third-order valence-electron chi connectivity index (χ3n) is 1.34. The summed E-state index contributed by atoms with van der Waals surface area (Å²) in [7, 11) is 0. The monoisotopic (exact) mass is 198 g/mol. The molecule has 0 atom stereocenters. The molecule has 0 aliphatic rings. The molecule has 0 aromatic heterocycles. The molecule has 0 bridgehead atoms. The number of halogens is 1. The number of hydrogen-bond acceptors (Lipinski definition) is 1. The zero-order valence-corrected chi connectivity index (χ0v) is 7.14. The minimum Gasteiger partial charge on any atom is -0.326 e. The maximum atomic E-state index is 5.42. The van der Waals surface area contributed by atoms with E-state index in [1.54, 1.807) is 0 Å². The summed E-state index contributed by atoms with van der Waals surface area (Å²) in [4.78, 5) is 0. The van der Waals surface area contributed by atoms with Gasteiger partial charge in [-0.3, -0.25) is 0 Å². The van der Waals surface area contributed by atoms with E-state index in [4.69, 9.17) is 5.73 Å². The van der Waals surface area contributed by atoms with E-state index in [9.17, 15) is 0 Å². The van der Waals surface area contributed by atoms with Crippen LogP contribution < -0.4 is 5.73 Å². The Morgan fingerprint density at radius 2 is 1.90 bits per heavy atom. The van der Waals surface area contributed by atoms with Gasteiger partial charge < -0.3 is 5.73 Å². The molecule has 1 radical (unpaired) electrons. The summed E-state index contributed by atoms with van der Waals surface area (Å²) in [6.45, 7) is 0.614. The third kappa shape index (κ3) is 1.82. The Hall–Kier alpha value is -0.340. The van der Waals surface area contributed by atoms with Crippen LogP contribution in [0.15, 0.2) is 24.3 Å². The van der Waals surface area contributed by atoms with Crippen molar-refractivity contribution < 1.29 is 0 Å². The fourth-order valence-corrected chi connectivity index (χ4v) is 1.03. The van der Waals surface area contributed by atoms with Gasteiger partial charge in [0.15, 0.2) is 0 Å². The van der Waals surface area contributed by atoms with Crippen LogP contribution in [-0.4, -0.2) is 0 Å². The van der Waals surface area contributed by atoms with Crippen LogP contribution >= 0.6 is 15.9 Å². The van der Waals surface area contributed by atoms with E-state index in [1.807, 2.05) is 29.6 Å². The summed E-state index contributed by atoms with van der Waals surface area (Å²) in [5.74, 6) is 0. The molecule has 10 heavy (non-hydrogen) atoms. The highest BCUT2D eigenvalue weighted by molar-refractivity contribution is 9.10. The molecule has 0 amide bonds. The van der Waals surface area contributed by atoms with Crippen molar-refractivity contribution in [2.45, 2.75) is 6.54 Å². The van der Waals surface area contributed by atoms with Crippen molar-refractivity contribution in [1.29, 1.82) is 0 Å². The highest BCUT2D eigenvalue weighted by Crippen LogP contribution is 2.08. The molecule has 0 unspecified atom stereocenters. The fourth-order valence-electron chi connectivity index (χ4n) is 0.726. The van der Waals surface area contributed by atoms with Crippen LogP contribution in [-0.2, 0) is 6.54 Å². The first-order valence-electron chi connectivity index (χ1n) is 3.09. The van der Waals surface area contributed by atoms with E-state index in [-0.39, 0.29) is 0 Å². The lowest BCUT2D eigenvalue weighted by molar-refractivity contribution is 1.07. The Morgan fingerprint density at radius 3 is 2.30 bits per heavy atom. The molecule has 0 heterocycles. The molecule has 1 rings (SSSR count). The topological polar surface area (TPSA) is 26.0 Å². The van der Waals surface area contributed by atoms with Gasteiger partial charge in [-0.05, 0) is 11.1 Å². The van der Waals surface area contributed by atoms with Gasteiger partial charge >= 0.3 is 0 Å². The molecular formula is C8H9BrN. The zero-order chi connectivity index (χ0) is 7.40. The molecule has 1 aromatic rings. The van der Waals surface area contributed by atoms with Gasteiger partial charge in [-0.2, -0.15) is 0 Å². The second-order valence-corrected chi connectivity index (χ2v) is 2.51. The molecule has 1 aromatic carbocycles. The molecule has 1 nitrogen and oxygen atoms in total. The lowest BCUT2D eigenvalue weighted by atomic mass is 10.2. The Kier molecular flexibility index (Phi) is 2.90. The number of hydrogen-bond donors (Lipinski definition) is 1. The Bertz CT molecular complexity index is 170. The maximum Gasteiger partial charge on any atom is 0.0561 e. The average molecular weight is 199 g/mol. The van der Waals surface area contributed by atoms with Crippen molar-refractivity contribution in [2.24, 2.45) is 5.73 Å². The Morgan fingerprint density at radius 1 is 1.30 bits per heavy atom. The molecule has 0 saturated heterocycles. The van der Waals surface area contributed by atoms with Crippen molar-refractivity contribution in [3.05, 3.63) is 40.7 Å². The highest BCUT2D eigenvalue weighted by atomic mass is 79.9. The second kappa shape index (κ2) is 3.74. The van der Waals surface area contributed by atoms with Crippen LogP contribution in [0.5, 0.6) is 0 Å². The van der Waals surface area contributed by atoms with E-state index in [1.165, 1.54) is 0 Å². The van der Waals surface area contributed by atoms with Crippen molar-refractivity contribution in [2.75, 3.05) is 0 Å². The van der Waals surface area contributed by atoms with Gasteiger partial charge in [0, 0.05) is 6.54 Å². The number of rotatable bonds is 2. The quantitative estimate of drug-likeness (QED) is 0.774. The summed E-state index contributed by atoms with van der Waals surface area (Å²) in [6.07, 6.45) is 0. The molecular weight excluding hydrogens is 190 g/mol. The first-order chi connectivity index (χ1) is 4.86. The SMILES string of the molecule is NCc1ccc([CH]Br)cc1. The minimum absolute atomic E-state index is 0.614. The summed E-state index contributed by atoms with van der Waals surface area (Å²) < 4.78 is 0. The lowest BCUT2D eigenvalue weighted by Gasteiger charge is -1.96. The molecule has 0 saturated carbocycles. The molecule has 0 aliphatic carbocycles. The highest BCUT2D eigenvalue weighted by Gasteiger charge is 1.89. The van der Waals surface area contributed by atoms with E-state index >= 15 is 0 Å². The van der Waals surface area contributed by atoms with Gasteiger partial charge in [0.1, 0.15) is 0 Å². The molecule has 0 aliphatic heterocycles. The largest absolute Gasteiger partial charge is 0.326 e. The smallest absolute Gasteiger partial charge is 0.0561 e. The van der Waals surface area contributed by atoms with Crippen LogP contribution in [0, 0.1) is 5.33 Å². The molecule has 0 spiro atoms. The standard InChI is InChI=1S/C8H9BrN/c9-5-7-1-3-8(6-10)4-2-7/h1-5H,6,10H2. The van der Waals surface area contributed by atoms with E-state index in [0.717, 1.165) is 11.1 Å². The van der Waals surface area contributed by atoms with Gasteiger partial charge in [0.25, 0.3) is 0 Å². The van der Waals surface area contributed by atoms with Crippen molar-refractivity contribution in [3.8, 4) is 0 Å². The molecule has 53 valence electrons. The van der Waals surface area contributed by atoms with E-state index in [2.05, 4.69) is 15.9 Å². The third-order valence-corrected chi connectivity index (χ3v) is 1.87. The lowest BCUT2D eigenvalue weighted by Crippen LogP contribution is -1.95. The number of nitrogens with two attached hydrogens (primary N) is 1. The van der Waals surface area contributed by atoms with Crippen LogP contribution in [0.4, 0.5) is 0 Å². The summed E-state index contributed by atoms with van der Waals surface area (Å²) in [5, 5.41) is 1.88. The second-order valence-electron chi connectivity index (χ2n) is 2.05. The maximum absolute atomic E-state index is 5.42. The first kappa shape index (κ1) is 7.76. The van der Waals surface area contributed by atoms with Crippen LogP contribution in [0.2, 0.25) is 0 Å². The predicted octanol–water partition coefficient (Wildman–Crippen LogP) is 2.05. The summed E-state index contributed by atoms with van der Waals surface area (Å²) in [6, 6.07) is 8.09. The molecule has 0 fully saturated rings. The average Bonchev–Trinajstić information content (AvgIpc) is 2.05. The van der Waals surface area contributed by atoms with Gasteiger partial charge in [-0.25, -0.2) is 0 Å².